The van der Waals surface area contributed by atoms with Crippen molar-refractivity contribution in [2.24, 2.45) is 17.3 Å². The minimum Gasteiger partial charge on any atom is -0.381 e. The summed E-state index contributed by atoms with van der Waals surface area (Å²) in [5, 5.41) is 22.4. The lowest BCUT2D eigenvalue weighted by molar-refractivity contribution is -0.145. The van der Waals surface area contributed by atoms with Crippen molar-refractivity contribution >= 4 is 29.5 Å². The highest BCUT2D eigenvalue weighted by Crippen LogP contribution is 2.34. The summed E-state index contributed by atoms with van der Waals surface area (Å²) in [5.74, 6) is -2.60. The smallest absolute Gasteiger partial charge is 0.276 e. The third-order valence-electron chi connectivity index (χ3n) is 9.81. The first-order valence-electron chi connectivity index (χ1n) is 17.9. The monoisotopic (exact) mass is 681 g/mol. The lowest BCUT2D eigenvalue weighted by Crippen LogP contribution is -2.61. The SMILES string of the molecule is CCC[C@H](NC(=O)[C@@H]1[C@@H](C(C)C)CCN1C(=O)[C@@H](NC(=O)C(NC(=O)c1cnccn1)=C1CCCCC1)C(C)(C)C)C(O)C(=O)NC1CC1. The molecule has 0 spiro atoms. The molecular formula is C36H55N7O6. The summed E-state index contributed by atoms with van der Waals surface area (Å²) in [6, 6.07) is -2.65. The summed E-state index contributed by atoms with van der Waals surface area (Å²) in [4.78, 5) is 78.1. The Bertz CT molecular complexity index is 1380. The summed E-state index contributed by atoms with van der Waals surface area (Å²) in [6.07, 6.45) is 10.2. The highest BCUT2D eigenvalue weighted by atomic mass is 16.3. The van der Waals surface area contributed by atoms with Crippen molar-refractivity contribution in [3.05, 3.63) is 35.6 Å². The molecule has 1 aromatic rings. The second-order valence-corrected chi connectivity index (χ2v) is 15.2. The molecule has 1 aromatic heterocycles. The van der Waals surface area contributed by atoms with Crippen molar-refractivity contribution in [1.29, 1.82) is 0 Å². The van der Waals surface area contributed by atoms with Crippen LogP contribution in [0.4, 0.5) is 0 Å². The minimum absolute atomic E-state index is 0.0582. The maximum atomic E-state index is 14.5. The zero-order valence-corrected chi connectivity index (χ0v) is 29.9. The molecule has 5 amide bonds. The molecule has 49 heavy (non-hydrogen) atoms. The van der Waals surface area contributed by atoms with Gasteiger partial charge in [-0.2, -0.15) is 0 Å². The largest absolute Gasteiger partial charge is 0.381 e. The van der Waals surface area contributed by atoms with Gasteiger partial charge in [-0.25, -0.2) is 4.98 Å². The van der Waals surface area contributed by atoms with E-state index in [0.29, 0.717) is 38.6 Å². The summed E-state index contributed by atoms with van der Waals surface area (Å²) < 4.78 is 0. The van der Waals surface area contributed by atoms with Gasteiger partial charge in [0.2, 0.25) is 11.8 Å². The Kier molecular flexibility index (Phi) is 12.9. The van der Waals surface area contributed by atoms with Crippen LogP contribution in [0.15, 0.2) is 29.9 Å². The topological polar surface area (TPSA) is 183 Å². The third kappa shape index (κ3) is 9.86. The summed E-state index contributed by atoms with van der Waals surface area (Å²) >= 11 is 0. The molecular weight excluding hydrogens is 626 g/mol. The molecule has 5 atom stereocenters. The number of aliphatic hydroxyl groups is 1. The number of nitrogens with zero attached hydrogens (tertiary/aromatic N) is 3. The van der Waals surface area contributed by atoms with Crippen molar-refractivity contribution in [2.75, 3.05) is 6.54 Å². The van der Waals surface area contributed by atoms with Crippen LogP contribution in [0.2, 0.25) is 0 Å². The zero-order chi connectivity index (χ0) is 35.9. The Morgan fingerprint density at radius 3 is 2.27 bits per heavy atom. The Morgan fingerprint density at radius 1 is 1.00 bits per heavy atom. The van der Waals surface area contributed by atoms with E-state index in [4.69, 9.17) is 0 Å². The van der Waals surface area contributed by atoms with Crippen LogP contribution in [0.25, 0.3) is 0 Å². The zero-order valence-electron chi connectivity index (χ0n) is 29.9. The molecule has 2 aliphatic carbocycles. The molecule has 0 radical (unpaired) electrons. The number of aliphatic hydroxyl groups excluding tert-OH is 1. The van der Waals surface area contributed by atoms with E-state index < -0.39 is 59.2 Å². The molecule has 3 fully saturated rings. The van der Waals surface area contributed by atoms with Crippen LogP contribution in [0, 0.1) is 17.3 Å². The van der Waals surface area contributed by atoms with Crippen molar-refractivity contribution in [3.63, 3.8) is 0 Å². The lowest BCUT2D eigenvalue weighted by Gasteiger charge is -2.37. The fraction of sp³-hybridized carbons (Fsp3) is 0.694. The number of amides is 5. The Morgan fingerprint density at radius 2 is 1.69 bits per heavy atom. The normalized spacial score (nSPS) is 21.4. The first-order valence-corrected chi connectivity index (χ1v) is 17.9. The number of rotatable bonds is 13. The van der Waals surface area contributed by atoms with E-state index in [1.54, 1.807) is 4.90 Å². The van der Waals surface area contributed by atoms with Crippen molar-refractivity contribution in [3.8, 4) is 0 Å². The average Bonchev–Trinajstić information content (AvgIpc) is 3.77. The molecule has 13 heteroatoms. The van der Waals surface area contributed by atoms with Gasteiger partial charge in [0.1, 0.15) is 23.5 Å². The number of nitrogens with one attached hydrogen (secondary N) is 4. The van der Waals surface area contributed by atoms with Crippen LogP contribution in [0.1, 0.15) is 116 Å². The van der Waals surface area contributed by atoms with E-state index in [2.05, 4.69) is 31.2 Å². The van der Waals surface area contributed by atoms with Crippen molar-refractivity contribution in [1.82, 2.24) is 36.1 Å². The standard InChI is InChI=1S/C36H55N7O6/c1-7-11-25(29(44)34(48)39-23-14-15-23)40-33(47)28-24(21(2)3)16-19-43(28)35(49)30(36(4,5)6)42-32(46)27(22-12-9-8-10-13-22)41-31(45)26-20-37-17-18-38-26/h17-18,20-21,23-25,28-30,44H,7-16,19H2,1-6H3,(H,39,48)(H,40,47)(H,41,45)(H,42,46)/t24-,25+,28+,29?,30-/m1/s1. The van der Waals surface area contributed by atoms with Gasteiger partial charge in [-0.05, 0) is 74.2 Å². The summed E-state index contributed by atoms with van der Waals surface area (Å²) in [6.45, 7) is 11.8. The van der Waals surface area contributed by atoms with Crippen LogP contribution < -0.4 is 21.3 Å². The predicted octanol–water partition coefficient (Wildman–Crippen LogP) is 2.75. The number of aromatic nitrogens is 2. The molecule has 4 rings (SSSR count). The quantitative estimate of drug-likeness (QED) is 0.197. The molecule has 5 N–H and O–H groups in total. The van der Waals surface area contributed by atoms with Gasteiger partial charge >= 0.3 is 0 Å². The number of likely N-dealkylation sites (tertiary alicyclic amines) is 1. The van der Waals surface area contributed by atoms with E-state index in [9.17, 15) is 29.1 Å². The summed E-state index contributed by atoms with van der Waals surface area (Å²) in [5.41, 5.74) is 0.234. The molecule has 1 saturated heterocycles. The molecule has 3 aliphatic rings. The lowest BCUT2D eigenvalue weighted by atomic mass is 9.84. The van der Waals surface area contributed by atoms with Gasteiger partial charge in [0.25, 0.3) is 17.7 Å². The fourth-order valence-corrected chi connectivity index (χ4v) is 6.83. The number of allylic oxidation sites excluding steroid dienone is 1. The average molecular weight is 682 g/mol. The Labute approximate surface area is 289 Å². The molecule has 2 saturated carbocycles. The van der Waals surface area contributed by atoms with Crippen LogP contribution in [-0.2, 0) is 19.2 Å². The van der Waals surface area contributed by atoms with Gasteiger partial charge in [-0.1, -0.05) is 54.4 Å². The van der Waals surface area contributed by atoms with Crippen LogP contribution in [0.5, 0.6) is 0 Å². The van der Waals surface area contributed by atoms with Crippen molar-refractivity contribution in [2.45, 2.75) is 136 Å². The maximum Gasteiger partial charge on any atom is 0.276 e. The van der Waals surface area contributed by atoms with Crippen LogP contribution in [-0.4, -0.2) is 86.3 Å². The summed E-state index contributed by atoms with van der Waals surface area (Å²) in [7, 11) is 0. The Balaban J connectivity index is 1.58. The van der Waals surface area contributed by atoms with Gasteiger partial charge in [0.15, 0.2) is 6.10 Å². The molecule has 0 bridgehead atoms. The molecule has 270 valence electrons. The third-order valence-corrected chi connectivity index (χ3v) is 9.81. The number of carbonyl (C=O) groups is 5. The maximum absolute atomic E-state index is 14.5. The minimum atomic E-state index is -1.42. The van der Waals surface area contributed by atoms with Gasteiger partial charge in [0, 0.05) is 25.0 Å². The van der Waals surface area contributed by atoms with Crippen LogP contribution >= 0.6 is 0 Å². The number of hydrogen-bond acceptors (Lipinski definition) is 8. The van der Waals surface area contributed by atoms with E-state index in [-0.39, 0.29) is 29.3 Å². The number of carbonyl (C=O) groups excluding carboxylic acids is 5. The highest BCUT2D eigenvalue weighted by molar-refractivity contribution is 6.04. The molecule has 2 heterocycles. The van der Waals surface area contributed by atoms with Gasteiger partial charge in [-0.15, -0.1) is 0 Å². The van der Waals surface area contributed by atoms with E-state index in [1.807, 2.05) is 41.5 Å². The first-order chi connectivity index (χ1) is 23.2. The fourth-order valence-electron chi connectivity index (χ4n) is 6.83. The molecule has 13 nitrogen and oxygen atoms in total. The van der Waals surface area contributed by atoms with Crippen LogP contribution in [0.3, 0.4) is 0 Å². The number of hydrogen-bond donors (Lipinski definition) is 5. The highest BCUT2D eigenvalue weighted by Gasteiger charge is 2.48. The van der Waals surface area contributed by atoms with Crippen molar-refractivity contribution < 1.29 is 29.1 Å². The second-order valence-electron chi connectivity index (χ2n) is 15.2. The van der Waals surface area contributed by atoms with E-state index in [0.717, 1.165) is 37.7 Å². The van der Waals surface area contributed by atoms with Gasteiger partial charge < -0.3 is 31.3 Å². The van der Waals surface area contributed by atoms with Gasteiger partial charge in [-0.3, -0.25) is 29.0 Å². The predicted molar refractivity (Wildman–Crippen MR) is 183 cm³/mol. The van der Waals surface area contributed by atoms with E-state index >= 15 is 0 Å². The molecule has 0 aromatic carbocycles. The van der Waals surface area contributed by atoms with E-state index in [1.165, 1.54) is 18.6 Å². The second kappa shape index (κ2) is 16.7. The Hall–Kier alpha value is -3.87. The van der Waals surface area contributed by atoms with Gasteiger partial charge in [0.05, 0.1) is 12.2 Å². The molecule has 1 unspecified atom stereocenters. The molecule has 1 aliphatic heterocycles. The first kappa shape index (κ1) is 37.9.